The third-order valence-corrected chi connectivity index (χ3v) is 6.14. The van der Waals surface area contributed by atoms with Crippen molar-refractivity contribution in [1.29, 1.82) is 0 Å². The van der Waals surface area contributed by atoms with Crippen LogP contribution in [0.2, 0.25) is 0 Å². The molecule has 2 heterocycles. The Kier molecular flexibility index (Phi) is 6.55. The molecule has 178 valence electrons. The van der Waals surface area contributed by atoms with Gasteiger partial charge in [0.05, 0.1) is 23.0 Å². The second-order valence-corrected chi connectivity index (χ2v) is 9.83. The van der Waals surface area contributed by atoms with Gasteiger partial charge in [0.15, 0.2) is 0 Å². The maximum atomic E-state index is 13.5. The lowest BCUT2D eigenvalue weighted by Crippen LogP contribution is -2.36. The maximum Gasteiger partial charge on any atom is 0.259 e. The second-order valence-electron chi connectivity index (χ2n) is 9.83. The van der Waals surface area contributed by atoms with Gasteiger partial charge in [0, 0.05) is 29.9 Å². The van der Waals surface area contributed by atoms with Crippen molar-refractivity contribution in [2.24, 2.45) is 0 Å². The van der Waals surface area contributed by atoms with E-state index in [9.17, 15) is 14.0 Å². The van der Waals surface area contributed by atoms with Gasteiger partial charge < -0.3 is 10.2 Å². The smallest absolute Gasteiger partial charge is 0.259 e. The lowest BCUT2D eigenvalue weighted by Gasteiger charge is -2.27. The van der Waals surface area contributed by atoms with Crippen molar-refractivity contribution in [2.45, 2.75) is 52.5 Å². The van der Waals surface area contributed by atoms with Crippen LogP contribution in [0, 0.1) is 12.7 Å². The molecule has 0 bridgehead atoms. The first-order valence-electron chi connectivity index (χ1n) is 11.7. The van der Waals surface area contributed by atoms with Crippen molar-refractivity contribution >= 4 is 17.5 Å². The van der Waals surface area contributed by atoms with E-state index in [1.165, 1.54) is 18.3 Å². The number of aromatic nitrogens is 2. The summed E-state index contributed by atoms with van der Waals surface area (Å²) >= 11 is 0. The summed E-state index contributed by atoms with van der Waals surface area (Å²) in [7, 11) is 0. The Labute approximate surface area is 199 Å². The molecular weight excluding hydrogens is 431 g/mol. The minimum Gasteiger partial charge on any atom is -0.339 e. The number of nitrogens with zero attached hydrogens (tertiary/aromatic N) is 3. The second kappa shape index (κ2) is 9.41. The zero-order valence-electron chi connectivity index (χ0n) is 20.2. The first kappa shape index (κ1) is 23.7. The van der Waals surface area contributed by atoms with Gasteiger partial charge in [-0.05, 0) is 88.9 Å². The van der Waals surface area contributed by atoms with Crippen LogP contribution in [0.25, 0.3) is 11.3 Å². The topological polar surface area (TPSA) is 67.2 Å². The molecule has 0 atom stereocenters. The van der Waals surface area contributed by atoms with E-state index >= 15 is 0 Å². The number of anilines is 1. The first-order valence-corrected chi connectivity index (χ1v) is 11.7. The molecule has 0 spiro atoms. The van der Waals surface area contributed by atoms with E-state index in [1.54, 1.807) is 28.9 Å². The van der Waals surface area contributed by atoms with Gasteiger partial charge in [-0.15, -0.1) is 0 Å². The lowest BCUT2D eigenvalue weighted by atomic mass is 10.0. The van der Waals surface area contributed by atoms with Crippen LogP contribution in [0.15, 0.2) is 48.7 Å². The predicted octanol–water partition coefficient (Wildman–Crippen LogP) is 5.63. The van der Waals surface area contributed by atoms with Crippen LogP contribution >= 0.6 is 0 Å². The predicted molar refractivity (Wildman–Crippen MR) is 132 cm³/mol. The third-order valence-electron chi connectivity index (χ3n) is 6.14. The largest absolute Gasteiger partial charge is 0.339 e. The van der Waals surface area contributed by atoms with Crippen LogP contribution in [0.4, 0.5) is 10.1 Å². The summed E-state index contributed by atoms with van der Waals surface area (Å²) in [6, 6.07) is 11.4. The summed E-state index contributed by atoms with van der Waals surface area (Å²) in [6.45, 7) is 9.42. The maximum absolute atomic E-state index is 13.5. The monoisotopic (exact) mass is 462 g/mol. The molecule has 1 fully saturated rings. The minimum absolute atomic E-state index is 0.000789. The molecule has 4 rings (SSSR count). The number of hydrogen-bond donors (Lipinski definition) is 1. The number of aryl methyl sites for hydroxylation is 1. The molecule has 7 heteroatoms. The Morgan fingerprint density at radius 3 is 2.29 bits per heavy atom. The zero-order valence-corrected chi connectivity index (χ0v) is 20.2. The number of carbonyl (C=O) groups is 2. The highest BCUT2D eigenvalue weighted by Crippen LogP contribution is 2.30. The lowest BCUT2D eigenvalue weighted by molar-refractivity contribution is 0.0723. The average Bonchev–Trinajstić information content (AvgIpc) is 3.27. The summed E-state index contributed by atoms with van der Waals surface area (Å²) < 4.78 is 15.3. The molecule has 2 aromatic carbocycles. The van der Waals surface area contributed by atoms with Gasteiger partial charge in [-0.25, -0.2) is 4.39 Å². The third kappa shape index (κ3) is 4.88. The molecule has 1 N–H and O–H groups in total. The van der Waals surface area contributed by atoms with E-state index in [1.807, 2.05) is 38.7 Å². The molecule has 1 aromatic heterocycles. The van der Waals surface area contributed by atoms with Gasteiger partial charge in [0.2, 0.25) is 0 Å². The van der Waals surface area contributed by atoms with Crippen molar-refractivity contribution in [3.63, 3.8) is 0 Å². The number of halogens is 1. The van der Waals surface area contributed by atoms with Crippen molar-refractivity contribution in [3.05, 3.63) is 71.2 Å². The van der Waals surface area contributed by atoms with E-state index in [0.717, 1.165) is 37.9 Å². The number of piperidine rings is 1. The molecule has 1 saturated heterocycles. The average molecular weight is 463 g/mol. The van der Waals surface area contributed by atoms with Gasteiger partial charge in [0.1, 0.15) is 5.82 Å². The molecule has 1 aliphatic rings. The molecule has 0 radical (unpaired) electrons. The van der Waals surface area contributed by atoms with E-state index in [4.69, 9.17) is 0 Å². The van der Waals surface area contributed by atoms with Crippen molar-refractivity contribution in [2.75, 3.05) is 18.4 Å². The number of benzene rings is 2. The number of likely N-dealkylation sites (tertiary alicyclic amines) is 1. The molecule has 1 aliphatic heterocycles. The summed E-state index contributed by atoms with van der Waals surface area (Å²) in [5, 5.41) is 7.40. The summed E-state index contributed by atoms with van der Waals surface area (Å²) in [4.78, 5) is 28.3. The van der Waals surface area contributed by atoms with Gasteiger partial charge in [-0.2, -0.15) is 5.10 Å². The Morgan fingerprint density at radius 1 is 0.971 bits per heavy atom. The Balaban J connectivity index is 1.65. The highest BCUT2D eigenvalue weighted by Gasteiger charge is 2.26. The minimum atomic E-state index is -0.389. The zero-order chi connectivity index (χ0) is 24.5. The van der Waals surface area contributed by atoms with Gasteiger partial charge in [0.25, 0.3) is 11.8 Å². The van der Waals surface area contributed by atoms with Crippen LogP contribution in [-0.4, -0.2) is 39.6 Å². The fourth-order valence-corrected chi connectivity index (χ4v) is 4.30. The molecule has 0 aliphatic carbocycles. The van der Waals surface area contributed by atoms with Gasteiger partial charge in [-0.1, -0.05) is 6.07 Å². The number of amides is 2. The summed E-state index contributed by atoms with van der Waals surface area (Å²) in [6.07, 6.45) is 4.72. The molecule has 2 amide bonds. The van der Waals surface area contributed by atoms with Gasteiger partial charge in [-0.3, -0.25) is 14.3 Å². The molecule has 34 heavy (non-hydrogen) atoms. The summed E-state index contributed by atoms with van der Waals surface area (Å²) in [5.41, 5.74) is 3.33. The first-order chi connectivity index (χ1) is 16.1. The fraction of sp³-hybridized carbons (Fsp3) is 0.370. The number of nitrogens with one attached hydrogen (secondary N) is 1. The Bertz CT molecular complexity index is 1200. The normalized spacial score (nSPS) is 14.2. The van der Waals surface area contributed by atoms with Crippen molar-refractivity contribution in [3.8, 4) is 11.3 Å². The number of hydrogen-bond acceptors (Lipinski definition) is 3. The molecular formula is C27H31FN4O2. The van der Waals surface area contributed by atoms with Crippen molar-refractivity contribution < 1.29 is 14.0 Å². The quantitative estimate of drug-likeness (QED) is 0.546. The van der Waals surface area contributed by atoms with Crippen LogP contribution in [0.1, 0.15) is 66.3 Å². The van der Waals surface area contributed by atoms with E-state index in [-0.39, 0.29) is 23.2 Å². The Hall–Kier alpha value is -3.48. The molecule has 6 nitrogen and oxygen atoms in total. The molecule has 0 saturated carbocycles. The van der Waals surface area contributed by atoms with E-state index in [0.29, 0.717) is 28.1 Å². The van der Waals surface area contributed by atoms with E-state index < -0.39 is 0 Å². The van der Waals surface area contributed by atoms with E-state index in [2.05, 4.69) is 10.4 Å². The highest BCUT2D eigenvalue weighted by atomic mass is 19.1. The van der Waals surface area contributed by atoms with Crippen molar-refractivity contribution in [1.82, 2.24) is 14.7 Å². The summed E-state index contributed by atoms with van der Waals surface area (Å²) in [5.74, 6) is -0.682. The molecule has 0 unspecified atom stereocenters. The highest BCUT2D eigenvalue weighted by molar-refractivity contribution is 6.08. The fourth-order valence-electron chi connectivity index (χ4n) is 4.30. The number of rotatable bonds is 4. The Morgan fingerprint density at radius 2 is 1.65 bits per heavy atom. The number of carbonyl (C=O) groups excluding carboxylic acids is 2. The standard InChI is InChI=1S/C27H31FN4O2/c1-18-8-13-21(16-22(18)26(34)31-14-6-5-7-15-31)30-25(33)23-17-29-32(27(2,3)4)24(23)19-9-11-20(28)12-10-19/h8-13,16-17H,5-7,14-15H2,1-4H3,(H,30,33). The van der Waals surface area contributed by atoms with Crippen LogP contribution < -0.4 is 5.32 Å². The van der Waals surface area contributed by atoms with Crippen LogP contribution in [-0.2, 0) is 5.54 Å². The van der Waals surface area contributed by atoms with Crippen LogP contribution in [0.3, 0.4) is 0 Å². The van der Waals surface area contributed by atoms with Gasteiger partial charge >= 0.3 is 0 Å². The molecule has 3 aromatic rings. The van der Waals surface area contributed by atoms with Crippen LogP contribution in [0.5, 0.6) is 0 Å². The SMILES string of the molecule is Cc1ccc(NC(=O)c2cnn(C(C)(C)C)c2-c2ccc(F)cc2)cc1C(=O)N1CCCCC1.